The van der Waals surface area contributed by atoms with Crippen molar-refractivity contribution in [2.75, 3.05) is 18.0 Å². The summed E-state index contributed by atoms with van der Waals surface area (Å²) in [6.45, 7) is 1.81. The molecule has 1 atom stereocenters. The van der Waals surface area contributed by atoms with Gasteiger partial charge >= 0.3 is 0 Å². The number of primary amides is 1. The lowest BCUT2D eigenvalue weighted by atomic mass is 10.0. The fourth-order valence-corrected chi connectivity index (χ4v) is 2.52. The van der Waals surface area contributed by atoms with Crippen molar-refractivity contribution in [3.8, 4) is 0 Å². The van der Waals surface area contributed by atoms with Crippen LogP contribution in [0.5, 0.6) is 0 Å². The van der Waals surface area contributed by atoms with Crippen LogP contribution in [0.15, 0.2) is 24.5 Å². The van der Waals surface area contributed by atoms with E-state index in [0.29, 0.717) is 5.92 Å². The van der Waals surface area contributed by atoms with Crippen LogP contribution in [0, 0.1) is 0 Å². The number of nitrogens with zero attached hydrogens (tertiary/aromatic N) is 5. The van der Waals surface area contributed by atoms with Crippen molar-refractivity contribution in [3.05, 3.63) is 35.8 Å². The Labute approximate surface area is 116 Å². The second-order valence-electron chi connectivity index (χ2n) is 5.02. The Morgan fingerprint density at radius 2 is 2.25 bits per heavy atom. The lowest BCUT2D eigenvalue weighted by molar-refractivity contribution is 0.0994. The van der Waals surface area contributed by atoms with Gasteiger partial charge in [-0.1, -0.05) is 0 Å². The van der Waals surface area contributed by atoms with Gasteiger partial charge < -0.3 is 10.6 Å². The van der Waals surface area contributed by atoms with E-state index in [2.05, 4.69) is 26.4 Å². The number of hydrogen-bond donors (Lipinski definition) is 1. The van der Waals surface area contributed by atoms with Crippen LogP contribution in [0.3, 0.4) is 0 Å². The SMILES string of the molecule is Cn1cc(C2CCN(c3ccc(C(N)=O)nn3)C2)cn1. The highest BCUT2D eigenvalue weighted by Gasteiger charge is 2.26. The molecule has 1 saturated heterocycles. The number of hydrogen-bond acceptors (Lipinski definition) is 5. The Balaban J connectivity index is 1.72. The number of amides is 1. The van der Waals surface area contributed by atoms with Crippen LogP contribution >= 0.6 is 0 Å². The number of aryl methyl sites for hydroxylation is 1. The predicted octanol–water partition coefficient (Wildman–Crippen LogP) is 0.303. The molecule has 1 aliphatic heterocycles. The molecule has 1 unspecified atom stereocenters. The molecule has 1 amide bonds. The van der Waals surface area contributed by atoms with E-state index in [0.717, 1.165) is 25.3 Å². The summed E-state index contributed by atoms with van der Waals surface area (Å²) in [5, 5.41) is 12.1. The quantitative estimate of drug-likeness (QED) is 0.868. The molecule has 0 aliphatic carbocycles. The van der Waals surface area contributed by atoms with Crippen molar-refractivity contribution >= 4 is 11.7 Å². The zero-order valence-electron chi connectivity index (χ0n) is 11.2. The molecule has 1 aliphatic rings. The minimum Gasteiger partial charge on any atom is -0.364 e. The number of carbonyl (C=O) groups is 1. The van der Waals surface area contributed by atoms with Gasteiger partial charge in [-0.2, -0.15) is 5.10 Å². The largest absolute Gasteiger partial charge is 0.364 e. The van der Waals surface area contributed by atoms with E-state index < -0.39 is 5.91 Å². The molecular weight excluding hydrogens is 256 g/mol. The zero-order chi connectivity index (χ0) is 14.1. The topological polar surface area (TPSA) is 89.9 Å². The third kappa shape index (κ3) is 2.34. The molecule has 0 aromatic carbocycles. The molecule has 3 heterocycles. The summed E-state index contributed by atoms with van der Waals surface area (Å²) in [6, 6.07) is 3.40. The van der Waals surface area contributed by atoms with E-state index in [9.17, 15) is 4.79 Å². The van der Waals surface area contributed by atoms with Crippen LogP contribution in [0.1, 0.15) is 28.4 Å². The molecule has 0 radical (unpaired) electrons. The van der Waals surface area contributed by atoms with Gasteiger partial charge in [0.2, 0.25) is 0 Å². The lowest BCUT2D eigenvalue weighted by Gasteiger charge is -2.16. The molecule has 7 nitrogen and oxygen atoms in total. The molecule has 2 N–H and O–H groups in total. The van der Waals surface area contributed by atoms with E-state index in [1.54, 1.807) is 12.1 Å². The summed E-state index contributed by atoms with van der Waals surface area (Å²) in [5.41, 5.74) is 6.59. The van der Waals surface area contributed by atoms with Gasteiger partial charge in [-0.25, -0.2) is 0 Å². The average Bonchev–Trinajstić information content (AvgIpc) is 3.07. The van der Waals surface area contributed by atoms with Crippen molar-refractivity contribution in [1.82, 2.24) is 20.0 Å². The maximum absolute atomic E-state index is 11.0. The Morgan fingerprint density at radius 3 is 2.85 bits per heavy atom. The number of carbonyl (C=O) groups excluding carboxylic acids is 1. The molecule has 1 fully saturated rings. The Bertz CT molecular complexity index is 620. The Hall–Kier alpha value is -2.44. The van der Waals surface area contributed by atoms with Gasteiger partial charge in [-0.05, 0) is 24.1 Å². The van der Waals surface area contributed by atoms with Crippen LogP contribution in [0.25, 0.3) is 0 Å². The first-order chi connectivity index (χ1) is 9.63. The van der Waals surface area contributed by atoms with Crippen molar-refractivity contribution < 1.29 is 4.79 Å². The molecular formula is C13H16N6O. The average molecular weight is 272 g/mol. The van der Waals surface area contributed by atoms with Crippen LogP contribution in [0.4, 0.5) is 5.82 Å². The number of nitrogens with two attached hydrogens (primary N) is 1. The van der Waals surface area contributed by atoms with E-state index in [4.69, 9.17) is 5.73 Å². The maximum atomic E-state index is 11.0. The second-order valence-corrected chi connectivity index (χ2v) is 5.02. The molecule has 2 aromatic heterocycles. The smallest absolute Gasteiger partial charge is 0.269 e. The lowest BCUT2D eigenvalue weighted by Crippen LogP contribution is -2.22. The van der Waals surface area contributed by atoms with E-state index in [-0.39, 0.29) is 5.69 Å². The molecule has 3 rings (SSSR count). The van der Waals surface area contributed by atoms with Crippen LogP contribution < -0.4 is 10.6 Å². The van der Waals surface area contributed by atoms with Crippen LogP contribution in [0.2, 0.25) is 0 Å². The van der Waals surface area contributed by atoms with Gasteiger partial charge in [0.05, 0.1) is 6.20 Å². The number of anilines is 1. The third-order valence-electron chi connectivity index (χ3n) is 3.61. The molecule has 104 valence electrons. The van der Waals surface area contributed by atoms with Gasteiger partial charge in [-0.15, -0.1) is 10.2 Å². The van der Waals surface area contributed by atoms with Gasteiger partial charge in [-0.3, -0.25) is 9.48 Å². The highest BCUT2D eigenvalue weighted by molar-refractivity contribution is 5.90. The first kappa shape index (κ1) is 12.6. The molecule has 0 saturated carbocycles. The van der Waals surface area contributed by atoms with Crippen LogP contribution in [-0.2, 0) is 7.05 Å². The van der Waals surface area contributed by atoms with Crippen molar-refractivity contribution in [1.29, 1.82) is 0 Å². The van der Waals surface area contributed by atoms with Gasteiger partial charge in [0.25, 0.3) is 5.91 Å². The summed E-state index contributed by atoms with van der Waals surface area (Å²) in [6.07, 6.45) is 5.02. The molecule has 2 aromatic rings. The summed E-state index contributed by atoms with van der Waals surface area (Å²) >= 11 is 0. The fraction of sp³-hybridized carbons (Fsp3) is 0.385. The highest BCUT2D eigenvalue weighted by atomic mass is 16.1. The van der Waals surface area contributed by atoms with Crippen molar-refractivity contribution in [2.24, 2.45) is 12.8 Å². The monoisotopic (exact) mass is 272 g/mol. The van der Waals surface area contributed by atoms with Crippen LogP contribution in [-0.4, -0.2) is 39.0 Å². The summed E-state index contributed by atoms with van der Waals surface area (Å²) in [7, 11) is 1.92. The Morgan fingerprint density at radius 1 is 1.40 bits per heavy atom. The second kappa shape index (κ2) is 4.92. The normalized spacial score (nSPS) is 18.4. The van der Waals surface area contributed by atoms with E-state index in [1.165, 1.54) is 5.56 Å². The number of aromatic nitrogens is 4. The zero-order valence-corrected chi connectivity index (χ0v) is 11.2. The highest BCUT2D eigenvalue weighted by Crippen LogP contribution is 2.29. The van der Waals surface area contributed by atoms with Gasteiger partial charge in [0.15, 0.2) is 11.5 Å². The molecule has 7 heteroatoms. The molecule has 20 heavy (non-hydrogen) atoms. The molecule has 0 bridgehead atoms. The van der Waals surface area contributed by atoms with E-state index >= 15 is 0 Å². The predicted molar refractivity (Wildman–Crippen MR) is 73.3 cm³/mol. The maximum Gasteiger partial charge on any atom is 0.269 e. The van der Waals surface area contributed by atoms with Gasteiger partial charge in [0, 0.05) is 32.3 Å². The van der Waals surface area contributed by atoms with E-state index in [1.807, 2.05) is 17.9 Å². The first-order valence-electron chi connectivity index (χ1n) is 6.50. The standard InChI is InChI=1S/C13H16N6O/c1-18-7-10(6-15-18)9-4-5-19(8-9)12-3-2-11(13(14)20)16-17-12/h2-3,6-7,9H,4-5,8H2,1H3,(H2,14,20). The minimum absolute atomic E-state index is 0.191. The van der Waals surface area contributed by atoms with Gasteiger partial charge in [0.1, 0.15) is 0 Å². The van der Waals surface area contributed by atoms with Crippen molar-refractivity contribution in [3.63, 3.8) is 0 Å². The summed E-state index contributed by atoms with van der Waals surface area (Å²) < 4.78 is 1.82. The third-order valence-corrected chi connectivity index (χ3v) is 3.61. The molecule has 0 spiro atoms. The Kier molecular flexibility index (Phi) is 3.09. The number of rotatable bonds is 3. The first-order valence-corrected chi connectivity index (χ1v) is 6.50. The summed E-state index contributed by atoms with van der Waals surface area (Å²) in [4.78, 5) is 13.1. The van der Waals surface area contributed by atoms with Crippen molar-refractivity contribution in [2.45, 2.75) is 12.3 Å². The summed E-state index contributed by atoms with van der Waals surface area (Å²) in [5.74, 6) is 0.682. The minimum atomic E-state index is -0.557. The fourth-order valence-electron chi connectivity index (χ4n) is 2.52.